The van der Waals surface area contributed by atoms with E-state index in [0.29, 0.717) is 5.69 Å². The molecule has 0 aromatic heterocycles. The Hall–Kier alpha value is -2.05. The van der Waals surface area contributed by atoms with E-state index in [0.717, 1.165) is 12.1 Å². The van der Waals surface area contributed by atoms with Gasteiger partial charge in [0.05, 0.1) is 11.8 Å². The van der Waals surface area contributed by atoms with Gasteiger partial charge in [0.2, 0.25) is 5.91 Å². The molecule has 0 saturated carbocycles. The van der Waals surface area contributed by atoms with Gasteiger partial charge in [-0.2, -0.15) is 13.2 Å². The predicted molar refractivity (Wildman–Crippen MR) is 62.6 cm³/mol. The third-order valence-corrected chi connectivity index (χ3v) is 2.74. The number of benzene rings is 1. The highest BCUT2D eigenvalue weighted by Gasteiger charge is 2.31. The molecule has 1 heterocycles. The predicted octanol–water partition coefficient (Wildman–Crippen LogP) is 2.66. The Bertz CT molecular complexity index is 497. The van der Waals surface area contributed by atoms with E-state index < -0.39 is 17.7 Å². The number of nitrogens with zero attached hydrogens (tertiary/aromatic N) is 1. The van der Waals surface area contributed by atoms with Crippen LogP contribution in [0.5, 0.6) is 0 Å². The summed E-state index contributed by atoms with van der Waals surface area (Å²) in [5.74, 6) is -0.907. The highest BCUT2D eigenvalue weighted by Crippen LogP contribution is 2.29. The van der Waals surface area contributed by atoms with E-state index in [2.05, 4.69) is 10.5 Å². The molecule has 0 fully saturated rings. The van der Waals surface area contributed by atoms with Crippen LogP contribution in [-0.2, 0) is 15.8 Å². The van der Waals surface area contributed by atoms with Gasteiger partial charge in [-0.25, -0.2) is 0 Å². The first kappa shape index (κ1) is 13.4. The fourth-order valence-corrected chi connectivity index (χ4v) is 1.63. The molecule has 2 atom stereocenters. The average Bonchev–Trinajstić information content (AvgIpc) is 2.75. The molecular formula is C12H11F3N2O2. The molecule has 102 valence electrons. The standard InChI is InChI=1S/C12H11F3N2O2/c1-7-10(6-16-19-7)11(18)17-9-4-2-8(3-5-9)12(13,14)15/h2-7,10H,1H3,(H,17,18). The second kappa shape index (κ2) is 4.91. The zero-order valence-electron chi connectivity index (χ0n) is 9.94. The van der Waals surface area contributed by atoms with Crippen molar-refractivity contribution < 1.29 is 22.8 Å². The molecule has 7 heteroatoms. The monoisotopic (exact) mass is 272 g/mol. The molecule has 1 aliphatic rings. The summed E-state index contributed by atoms with van der Waals surface area (Å²) in [6.45, 7) is 1.68. The molecule has 1 aliphatic heterocycles. The Morgan fingerprint density at radius 3 is 2.42 bits per heavy atom. The van der Waals surface area contributed by atoms with Crippen molar-refractivity contribution in [3.63, 3.8) is 0 Å². The Balaban J connectivity index is 2.04. The number of alkyl halides is 3. The number of amides is 1. The third-order valence-electron chi connectivity index (χ3n) is 2.74. The minimum atomic E-state index is -4.39. The molecule has 2 unspecified atom stereocenters. The van der Waals surface area contributed by atoms with Gasteiger partial charge in [-0.05, 0) is 31.2 Å². The molecule has 1 aromatic rings. The summed E-state index contributed by atoms with van der Waals surface area (Å²) in [4.78, 5) is 16.7. The number of nitrogens with one attached hydrogen (secondary N) is 1. The Morgan fingerprint density at radius 1 is 1.32 bits per heavy atom. The Labute approximate surface area is 107 Å². The molecule has 4 nitrogen and oxygen atoms in total. The Morgan fingerprint density at radius 2 is 1.95 bits per heavy atom. The van der Waals surface area contributed by atoms with Crippen molar-refractivity contribution in [3.05, 3.63) is 29.8 Å². The summed E-state index contributed by atoms with van der Waals surface area (Å²) in [5, 5.41) is 6.04. The summed E-state index contributed by atoms with van der Waals surface area (Å²) >= 11 is 0. The molecule has 0 aliphatic carbocycles. The lowest BCUT2D eigenvalue weighted by atomic mass is 10.1. The zero-order chi connectivity index (χ0) is 14.0. The van der Waals surface area contributed by atoms with E-state index in [1.54, 1.807) is 6.92 Å². The van der Waals surface area contributed by atoms with E-state index in [1.165, 1.54) is 18.3 Å². The van der Waals surface area contributed by atoms with Gasteiger partial charge in [-0.3, -0.25) is 4.79 Å². The van der Waals surface area contributed by atoms with E-state index in [9.17, 15) is 18.0 Å². The smallest absolute Gasteiger partial charge is 0.392 e. The number of oxime groups is 1. The maximum atomic E-state index is 12.4. The van der Waals surface area contributed by atoms with Crippen molar-refractivity contribution in [1.82, 2.24) is 0 Å². The number of rotatable bonds is 2. The first-order valence-corrected chi connectivity index (χ1v) is 5.55. The fraction of sp³-hybridized carbons (Fsp3) is 0.333. The van der Waals surface area contributed by atoms with Gasteiger partial charge >= 0.3 is 6.18 Å². The summed E-state index contributed by atoms with van der Waals surface area (Å²) in [6.07, 6.45) is -3.40. The molecule has 19 heavy (non-hydrogen) atoms. The summed E-state index contributed by atoms with van der Waals surface area (Å²) in [7, 11) is 0. The van der Waals surface area contributed by atoms with E-state index >= 15 is 0 Å². The summed E-state index contributed by atoms with van der Waals surface area (Å²) in [6, 6.07) is 4.24. The van der Waals surface area contributed by atoms with Crippen molar-refractivity contribution in [2.24, 2.45) is 11.1 Å². The molecule has 1 N–H and O–H groups in total. The van der Waals surface area contributed by atoms with Gasteiger partial charge in [0, 0.05) is 5.69 Å². The van der Waals surface area contributed by atoms with E-state index in [1.807, 2.05) is 0 Å². The number of hydrogen-bond donors (Lipinski definition) is 1. The van der Waals surface area contributed by atoms with Gasteiger partial charge in [0.25, 0.3) is 0 Å². The Kier molecular flexibility index (Phi) is 3.46. The van der Waals surface area contributed by atoms with Crippen LogP contribution >= 0.6 is 0 Å². The van der Waals surface area contributed by atoms with Gasteiger partial charge in [0.1, 0.15) is 12.0 Å². The van der Waals surface area contributed by atoms with Crippen LogP contribution in [0, 0.1) is 5.92 Å². The van der Waals surface area contributed by atoms with Gasteiger partial charge < -0.3 is 10.2 Å². The molecule has 1 amide bonds. The number of carbonyl (C=O) groups is 1. The fourth-order valence-electron chi connectivity index (χ4n) is 1.63. The summed E-state index contributed by atoms with van der Waals surface area (Å²) in [5.41, 5.74) is -0.463. The van der Waals surface area contributed by atoms with Crippen LogP contribution in [0.15, 0.2) is 29.4 Å². The number of hydrogen-bond acceptors (Lipinski definition) is 3. The molecule has 0 spiro atoms. The highest BCUT2D eigenvalue weighted by molar-refractivity contribution is 6.02. The van der Waals surface area contributed by atoms with Crippen LogP contribution < -0.4 is 5.32 Å². The van der Waals surface area contributed by atoms with E-state index in [4.69, 9.17) is 4.84 Å². The number of halogens is 3. The molecular weight excluding hydrogens is 261 g/mol. The topological polar surface area (TPSA) is 50.7 Å². The van der Waals surface area contributed by atoms with Crippen molar-refractivity contribution in [2.45, 2.75) is 19.2 Å². The minimum absolute atomic E-state index is 0.297. The molecule has 0 radical (unpaired) electrons. The molecule has 0 saturated heterocycles. The number of anilines is 1. The van der Waals surface area contributed by atoms with E-state index in [-0.39, 0.29) is 12.0 Å². The van der Waals surface area contributed by atoms with Crippen LogP contribution in [0.4, 0.5) is 18.9 Å². The second-order valence-corrected chi connectivity index (χ2v) is 4.16. The highest BCUT2D eigenvalue weighted by atomic mass is 19.4. The van der Waals surface area contributed by atoms with Gasteiger partial charge in [-0.15, -0.1) is 0 Å². The van der Waals surface area contributed by atoms with Crippen LogP contribution in [0.1, 0.15) is 12.5 Å². The van der Waals surface area contributed by atoms with Crippen LogP contribution in [-0.4, -0.2) is 18.2 Å². The average molecular weight is 272 g/mol. The van der Waals surface area contributed by atoms with Crippen LogP contribution in [0.2, 0.25) is 0 Å². The maximum absolute atomic E-state index is 12.4. The lowest BCUT2D eigenvalue weighted by Gasteiger charge is -2.12. The first-order chi connectivity index (χ1) is 8.88. The van der Waals surface area contributed by atoms with Crippen LogP contribution in [0.25, 0.3) is 0 Å². The first-order valence-electron chi connectivity index (χ1n) is 5.55. The largest absolute Gasteiger partial charge is 0.416 e. The van der Waals surface area contributed by atoms with Crippen molar-refractivity contribution in [1.29, 1.82) is 0 Å². The zero-order valence-corrected chi connectivity index (χ0v) is 9.94. The second-order valence-electron chi connectivity index (χ2n) is 4.16. The maximum Gasteiger partial charge on any atom is 0.416 e. The molecule has 2 rings (SSSR count). The van der Waals surface area contributed by atoms with Crippen molar-refractivity contribution in [2.75, 3.05) is 5.32 Å². The van der Waals surface area contributed by atoms with Crippen LogP contribution in [0.3, 0.4) is 0 Å². The minimum Gasteiger partial charge on any atom is -0.392 e. The van der Waals surface area contributed by atoms with Crippen molar-refractivity contribution in [3.8, 4) is 0 Å². The lowest BCUT2D eigenvalue weighted by Crippen LogP contribution is -2.29. The quantitative estimate of drug-likeness (QED) is 0.899. The lowest BCUT2D eigenvalue weighted by molar-refractivity contribution is -0.137. The molecule has 0 bridgehead atoms. The summed E-state index contributed by atoms with van der Waals surface area (Å²) < 4.78 is 37.1. The SMILES string of the molecule is CC1ON=CC1C(=O)Nc1ccc(C(F)(F)F)cc1. The van der Waals surface area contributed by atoms with Crippen molar-refractivity contribution >= 4 is 17.8 Å². The number of carbonyl (C=O) groups excluding carboxylic acids is 1. The van der Waals surface area contributed by atoms with Gasteiger partial charge in [-0.1, -0.05) is 5.16 Å². The normalized spacial score (nSPS) is 22.1. The third kappa shape index (κ3) is 3.04. The van der Waals surface area contributed by atoms with Gasteiger partial charge in [0.15, 0.2) is 0 Å². The molecule has 1 aromatic carbocycles.